The number of rotatable bonds is 5. The number of fused-ring (bicyclic) bond motifs is 1. The fourth-order valence-corrected chi connectivity index (χ4v) is 3.46. The van der Waals surface area contributed by atoms with E-state index in [2.05, 4.69) is 67.1 Å². The molecule has 3 nitrogen and oxygen atoms in total. The van der Waals surface area contributed by atoms with Gasteiger partial charge in [0.2, 0.25) is 0 Å². The van der Waals surface area contributed by atoms with Gasteiger partial charge in [0, 0.05) is 16.5 Å². The van der Waals surface area contributed by atoms with E-state index in [-0.39, 0.29) is 5.41 Å². The van der Waals surface area contributed by atoms with E-state index in [0.717, 1.165) is 23.2 Å². The third kappa shape index (κ3) is 3.13. The molecule has 0 atom stereocenters. The molecule has 1 N–H and O–H groups in total. The number of aromatic nitrogens is 3. The van der Waals surface area contributed by atoms with E-state index >= 15 is 0 Å². The second-order valence-electron chi connectivity index (χ2n) is 6.41. The summed E-state index contributed by atoms with van der Waals surface area (Å²) in [6, 6.07) is 9.03. The molecule has 0 spiro atoms. The van der Waals surface area contributed by atoms with E-state index in [1.54, 1.807) is 0 Å². The SMILES string of the molecule is CCSc1cc(-c2ccnc3[nH]ncc23)cc(C(C)(C)CC)c1. The van der Waals surface area contributed by atoms with Crippen molar-refractivity contribution in [2.75, 3.05) is 5.75 Å². The summed E-state index contributed by atoms with van der Waals surface area (Å²) in [5, 5.41) is 8.18. The minimum atomic E-state index is 0.168. The second-order valence-corrected chi connectivity index (χ2v) is 7.74. The molecular formula is C19H23N3S. The summed E-state index contributed by atoms with van der Waals surface area (Å²) in [5.74, 6) is 1.08. The zero-order chi connectivity index (χ0) is 16.4. The molecule has 0 unspecified atom stereocenters. The van der Waals surface area contributed by atoms with Gasteiger partial charge < -0.3 is 0 Å². The number of H-pyrrole nitrogens is 1. The molecule has 23 heavy (non-hydrogen) atoms. The highest BCUT2D eigenvalue weighted by molar-refractivity contribution is 7.99. The summed E-state index contributed by atoms with van der Waals surface area (Å²) in [6.45, 7) is 9.07. The third-order valence-corrected chi connectivity index (χ3v) is 5.41. The van der Waals surface area contributed by atoms with Gasteiger partial charge >= 0.3 is 0 Å². The molecule has 0 aliphatic heterocycles. The maximum atomic E-state index is 4.35. The second kappa shape index (κ2) is 6.36. The Morgan fingerprint density at radius 2 is 2.00 bits per heavy atom. The molecule has 0 radical (unpaired) electrons. The van der Waals surface area contributed by atoms with Gasteiger partial charge in [-0.05, 0) is 52.5 Å². The molecule has 0 aliphatic rings. The smallest absolute Gasteiger partial charge is 0.155 e. The van der Waals surface area contributed by atoms with Crippen molar-refractivity contribution in [1.82, 2.24) is 15.2 Å². The number of pyridine rings is 1. The first-order valence-corrected chi connectivity index (χ1v) is 9.10. The van der Waals surface area contributed by atoms with Gasteiger partial charge in [-0.15, -0.1) is 11.8 Å². The maximum absolute atomic E-state index is 4.35. The van der Waals surface area contributed by atoms with Crippen LogP contribution in [0.2, 0.25) is 0 Å². The Kier molecular flexibility index (Phi) is 4.44. The first kappa shape index (κ1) is 16.1. The predicted octanol–water partition coefficient (Wildman–Crippen LogP) is 5.42. The van der Waals surface area contributed by atoms with Gasteiger partial charge in [0.25, 0.3) is 0 Å². The van der Waals surface area contributed by atoms with E-state index < -0.39 is 0 Å². The van der Waals surface area contributed by atoms with Crippen LogP contribution in [0, 0.1) is 0 Å². The lowest BCUT2D eigenvalue weighted by atomic mass is 9.81. The highest BCUT2D eigenvalue weighted by Gasteiger charge is 2.20. The Hall–Kier alpha value is -1.81. The van der Waals surface area contributed by atoms with Crippen LogP contribution in [0.5, 0.6) is 0 Å². The molecule has 0 bridgehead atoms. The van der Waals surface area contributed by atoms with Crippen molar-refractivity contribution in [2.45, 2.75) is 44.4 Å². The Morgan fingerprint density at radius 3 is 2.74 bits per heavy atom. The van der Waals surface area contributed by atoms with Crippen molar-refractivity contribution in [3.8, 4) is 11.1 Å². The van der Waals surface area contributed by atoms with Crippen molar-refractivity contribution in [3.05, 3.63) is 42.2 Å². The zero-order valence-corrected chi connectivity index (χ0v) is 15.0. The molecule has 4 heteroatoms. The number of benzene rings is 1. The summed E-state index contributed by atoms with van der Waals surface area (Å²) < 4.78 is 0. The fraction of sp³-hybridized carbons (Fsp3) is 0.368. The standard InChI is InChI=1S/C19H23N3S/c1-5-19(3,4)14-9-13(10-15(11-14)23-6-2)16-7-8-20-18-17(16)12-21-22-18/h7-12H,5-6H2,1-4H3,(H,20,21,22). The molecule has 0 amide bonds. The van der Waals surface area contributed by atoms with E-state index in [1.807, 2.05) is 24.2 Å². The van der Waals surface area contributed by atoms with Crippen LogP contribution in [0.3, 0.4) is 0 Å². The van der Waals surface area contributed by atoms with Crippen LogP contribution >= 0.6 is 11.8 Å². The van der Waals surface area contributed by atoms with Crippen LogP contribution < -0.4 is 0 Å². The van der Waals surface area contributed by atoms with Gasteiger partial charge in [-0.25, -0.2) is 4.98 Å². The summed E-state index contributed by atoms with van der Waals surface area (Å²) in [6.07, 6.45) is 4.83. The monoisotopic (exact) mass is 325 g/mol. The van der Waals surface area contributed by atoms with Crippen LogP contribution in [0.1, 0.15) is 39.7 Å². The van der Waals surface area contributed by atoms with Crippen molar-refractivity contribution < 1.29 is 0 Å². The maximum Gasteiger partial charge on any atom is 0.155 e. The molecule has 3 rings (SSSR count). The highest BCUT2D eigenvalue weighted by Crippen LogP contribution is 2.36. The Morgan fingerprint density at radius 1 is 1.17 bits per heavy atom. The van der Waals surface area contributed by atoms with Crippen LogP contribution in [0.25, 0.3) is 22.2 Å². The molecule has 2 aromatic heterocycles. The average Bonchev–Trinajstić information content (AvgIpc) is 3.03. The summed E-state index contributed by atoms with van der Waals surface area (Å²) in [4.78, 5) is 5.68. The fourth-order valence-electron chi connectivity index (χ4n) is 2.70. The normalized spacial score (nSPS) is 12.0. The Labute approximate surface area is 141 Å². The molecule has 120 valence electrons. The van der Waals surface area contributed by atoms with Gasteiger partial charge in [0.1, 0.15) is 0 Å². The Balaban J connectivity index is 2.20. The van der Waals surface area contributed by atoms with E-state index in [9.17, 15) is 0 Å². The van der Waals surface area contributed by atoms with Gasteiger partial charge in [0.15, 0.2) is 5.65 Å². The third-order valence-electron chi connectivity index (χ3n) is 4.55. The predicted molar refractivity (Wildman–Crippen MR) is 99.0 cm³/mol. The average molecular weight is 325 g/mol. The number of nitrogens with zero attached hydrogens (tertiary/aromatic N) is 2. The minimum Gasteiger partial charge on any atom is -0.261 e. The topological polar surface area (TPSA) is 41.6 Å². The number of hydrogen-bond acceptors (Lipinski definition) is 3. The van der Waals surface area contributed by atoms with Crippen LogP contribution in [-0.4, -0.2) is 20.9 Å². The summed E-state index contributed by atoms with van der Waals surface area (Å²) >= 11 is 1.89. The van der Waals surface area contributed by atoms with Gasteiger partial charge in [-0.2, -0.15) is 5.10 Å². The summed E-state index contributed by atoms with van der Waals surface area (Å²) in [7, 11) is 0. The Bertz CT molecular complexity index is 820. The quantitative estimate of drug-likeness (QED) is 0.636. The first-order valence-electron chi connectivity index (χ1n) is 8.12. The molecule has 3 aromatic rings. The van der Waals surface area contributed by atoms with Crippen molar-refractivity contribution in [3.63, 3.8) is 0 Å². The van der Waals surface area contributed by atoms with E-state index in [0.29, 0.717) is 0 Å². The van der Waals surface area contributed by atoms with Crippen molar-refractivity contribution in [2.24, 2.45) is 0 Å². The largest absolute Gasteiger partial charge is 0.261 e. The lowest BCUT2D eigenvalue weighted by molar-refractivity contribution is 0.505. The molecule has 1 aromatic carbocycles. The number of nitrogens with one attached hydrogen (secondary N) is 1. The molecule has 0 aliphatic carbocycles. The minimum absolute atomic E-state index is 0.168. The lowest BCUT2D eigenvalue weighted by Gasteiger charge is -2.25. The van der Waals surface area contributed by atoms with Crippen molar-refractivity contribution >= 4 is 22.8 Å². The highest BCUT2D eigenvalue weighted by atomic mass is 32.2. The molecule has 0 saturated heterocycles. The summed E-state index contributed by atoms with van der Waals surface area (Å²) in [5.41, 5.74) is 4.83. The number of aromatic amines is 1. The number of thioether (sulfide) groups is 1. The van der Waals surface area contributed by atoms with Gasteiger partial charge in [-0.1, -0.05) is 33.8 Å². The molecule has 2 heterocycles. The van der Waals surface area contributed by atoms with Crippen LogP contribution in [0.4, 0.5) is 0 Å². The van der Waals surface area contributed by atoms with Crippen molar-refractivity contribution in [1.29, 1.82) is 0 Å². The lowest BCUT2D eigenvalue weighted by Crippen LogP contribution is -2.15. The van der Waals surface area contributed by atoms with E-state index in [1.165, 1.54) is 21.6 Å². The first-order chi connectivity index (χ1) is 11.0. The molecule has 0 saturated carbocycles. The molecule has 0 fully saturated rings. The zero-order valence-electron chi connectivity index (χ0n) is 14.2. The molecular weight excluding hydrogens is 302 g/mol. The van der Waals surface area contributed by atoms with Crippen LogP contribution in [-0.2, 0) is 5.41 Å². The van der Waals surface area contributed by atoms with E-state index in [4.69, 9.17) is 0 Å². The van der Waals surface area contributed by atoms with Crippen LogP contribution in [0.15, 0.2) is 41.6 Å². The number of hydrogen-bond donors (Lipinski definition) is 1. The van der Waals surface area contributed by atoms with Gasteiger partial charge in [-0.3, -0.25) is 5.10 Å². The van der Waals surface area contributed by atoms with Gasteiger partial charge in [0.05, 0.1) is 6.20 Å².